The molecular formula is C16H21N3O3. The number of carbonyl (C=O) groups is 1. The van der Waals surface area contributed by atoms with Gasteiger partial charge in [0, 0.05) is 25.7 Å². The molecule has 1 aromatic heterocycles. The Bertz CT molecular complexity index is 680. The van der Waals surface area contributed by atoms with Crippen LogP contribution in [0.5, 0.6) is 0 Å². The van der Waals surface area contributed by atoms with Gasteiger partial charge in [-0.2, -0.15) is 4.98 Å². The first-order chi connectivity index (χ1) is 10.6. The van der Waals surface area contributed by atoms with E-state index in [2.05, 4.69) is 29.0 Å². The van der Waals surface area contributed by atoms with Gasteiger partial charge in [-0.1, -0.05) is 19.9 Å². The van der Waals surface area contributed by atoms with Crippen molar-refractivity contribution < 1.29 is 14.3 Å². The number of rotatable bonds is 4. The predicted octanol–water partition coefficient (Wildman–Crippen LogP) is 2.35. The molecule has 1 aliphatic heterocycles. The van der Waals surface area contributed by atoms with Gasteiger partial charge in [0.25, 0.3) is 6.01 Å². The van der Waals surface area contributed by atoms with Crippen molar-refractivity contribution in [1.29, 1.82) is 0 Å². The second-order valence-electron chi connectivity index (χ2n) is 6.13. The minimum absolute atomic E-state index is 0.183. The number of benzene rings is 1. The van der Waals surface area contributed by atoms with Gasteiger partial charge in [-0.3, -0.25) is 0 Å². The maximum atomic E-state index is 11.3. The van der Waals surface area contributed by atoms with E-state index in [1.807, 2.05) is 0 Å². The van der Waals surface area contributed by atoms with Crippen molar-refractivity contribution in [2.45, 2.75) is 26.3 Å². The van der Waals surface area contributed by atoms with E-state index in [4.69, 9.17) is 4.42 Å². The molecule has 1 aliphatic rings. The summed E-state index contributed by atoms with van der Waals surface area (Å²) >= 11 is 0. The van der Waals surface area contributed by atoms with Gasteiger partial charge in [-0.05, 0) is 24.5 Å². The lowest BCUT2D eigenvalue weighted by molar-refractivity contribution is 0.0699. The third-order valence-corrected chi connectivity index (χ3v) is 3.98. The molecule has 0 bridgehead atoms. The van der Waals surface area contributed by atoms with E-state index in [1.165, 1.54) is 0 Å². The summed E-state index contributed by atoms with van der Waals surface area (Å²) in [5.41, 5.74) is 1.13. The van der Waals surface area contributed by atoms with Crippen LogP contribution in [0.15, 0.2) is 22.6 Å². The first-order valence-corrected chi connectivity index (χ1v) is 7.66. The molecular weight excluding hydrogens is 282 g/mol. The summed E-state index contributed by atoms with van der Waals surface area (Å²) in [6.07, 6.45) is 1.04. The highest BCUT2D eigenvalue weighted by Gasteiger charge is 2.27. The van der Waals surface area contributed by atoms with Crippen molar-refractivity contribution in [2.75, 3.05) is 24.5 Å². The second-order valence-corrected chi connectivity index (χ2v) is 6.13. The van der Waals surface area contributed by atoms with Crippen molar-refractivity contribution in [2.24, 2.45) is 5.92 Å². The summed E-state index contributed by atoms with van der Waals surface area (Å²) in [5.74, 6) is -0.407. The predicted molar refractivity (Wildman–Crippen MR) is 84.4 cm³/mol. The van der Waals surface area contributed by atoms with Crippen molar-refractivity contribution in [3.63, 3.8) is 0 Å². The number of hydrogen-bond acceptors (Lipinski definition) is 5. The maximum absolute atomic E-state index is 11.3. The lowest BCUT2D eigenvalue weighted by Gasteiger charge is -2.36. The zero-order valence-electron chi connectivity index (χ0n) is 12.9. The molecule has 1 atom stereocenters. The molecule has 6 nitrogen and oxygen atoms in total. The maximum Gasteiger partial charge on any atom is 0.338 e. The van der Waals surface area contributed by atoms with E-state index in [1.54, 1.807) is 18.2 Å². The second kappa shape index (κ2) is 5.96. The molecule has 0 spiro atoms. The zero-order chi connectivity index (χ0) is 15.7. The van der Waals surface area contributed by atoms with Gasteiger partial charge >= 0.3 is 5.97 Å². The van der Waals surface area contributed by atoms with E-state index >= 15 is 0 Å². The molecule has 2 heterocycles. The number of nitrogens with zero attached hydrogens (tertiary/aromatic N) is 2. The summed E-state index contributed by atoms with van der Waals surface area (Å²) in [6.45, 7) is 6.97. The minimum atomic E-state index is -0.982. The molecule has 0 radical (unpaired) electrons. The summed E-state index contributed by atoms with van der Waals surface area (Å²) < 4.78 is 5.83. The number of piperazine rings is 1. The van der Waals surface area contributed by atoms with Crippen LogP contribution < -0.4 is 10.2 Å². The molecule has 3 rings (SSSR count). The fourth-order valence-electron chi connectivity index (χ4n) is 3.00. The molecule has 0 saturated carbocycles. The Morgan fingerprint density at radius 3 is 3.09 bits per heavy atom. The zero-order valence-corrected chi connectivity index (χ0v) is 12.9. The first kappa shape index (κ1) is 14.8. The van der Waals surface area contributed by atoms with Crippen LogP contribution >= 0.6 is 0 Å². The summed E-state index contributed by atoms with van der Waals surface area (Å²) in [6, 6.07) is 5.84. The number of aromatic nitrogens is 1. The van der Waals surface area contributed by atoms with E-state index < -0.39 is 5.97 Å². The van der Waals surface area contributed by atoms with Crippen LogP contribution in [0, 0.1) is 5.92 Å². The number of anilines is 1. The molecule has 0 amide bonds. The standard InChI is InChI=1S/C16H21N3O3/c1-10(2)8-11-9-17-6-7-19(11)16-18-14-12(15(20)21)4-3-5-13(14)22-16/h3-5,10-11,17H,6-9H2,1-2H3,(H,20,21). The van der Waals surface area contributed by atoms with E-state index in [0.717, 1.165) is 26.1 Å². The molecule has 1 saturated heterocycles. The Morgan fingerprint density at radius 2 is 2.36 bits per heavy atom. The van der Waals surface area contributed by atoms with E-state index in [0.29, 0.717) is 29.1 Å². The van der Waals surface area contributed by atoms with Crippen LogP contribution in [-0.2, 0) is 0 Å². The highest BCUT2D eigenvalue weighted by Crippen LogP contribution is 2.27. The normalized spacial score (nSPS) is 19.0. The van der Waals surface area contributed by atoms with Crippen LogP contribution in [0.1, 0.15) is 30.6 Å². The molecule has 22 heavy (non-hydrogen) atoms. The number of carboxylic acids is 1. The molecule has 118 valence electrons. The lowest BCUT2D eigenvalue weighted by Crippen LogP contribution is -2.52. The molecule has 0 aliphatic carbocycles. The quantitative estimate of drug-likeness (QED) is 0.902. The molecule has 1 unspecified atom stereocenters. The number of nitrogens with one attached hydrogen (secondary N) is 1. The van der Waals surface area contributed by atoms with E-state index in [-0.39, 0.29) is 5.56 Å². The lowest BCUT2D eigenvalue weighted by atomic mass is 10.0. The molecule has 1 fully saturated rings. The number of para-hydroxylation sites is 1. The average molecular weight is 303 g/mol. The topological polar surface area (TPSA) is 78.6 Å². The third-order valence-electron chi connectivity index (χ3n) is 3.98. The van der Waals surface area contributed by atoms with Crippen LogP contribution in [0.4, 0.5) is 6.01 Å². The van der Waals surface area contributed by atoms with Gasteiger partial charge in [-0.25, -0.2) is 4.79 Å². The third kappa shape index (κ3) is 2.78. The molecule has 2 aromatic rings. The Labute approximate surface area is 129 Å². The van der Waals surface area contributed by atoms with Crippen molar-refractivity contribution in [1.82, 2.24) is 10.3 Å². The fourth-order valence-corrected chi connectivity index (χ4v) is 3.00. The van der Waals surface area contributed by atoms with Crippen molar-refractivity contribution in [3.8, 4) is 0 Å². The Hall–Kier alpha value is -2.08. The molecule has 1 aromatic carbocycles. The number of fused-ring (bicyclic) bond motifs is 1. The monoisotopic (exact) mass is 303 g/mol. The number of hydrogen-bond donors (Lipinski definition) is 2. The van der Waals surface area contributed by atoms with Crippen LogP contribution in [0.3, 0.4) is 0 Å². The Kier molecular flexibility index (Phi) is 4.02. The van der Waals surface area contributed by atoms with Crippen LogP contribution in [-0.4, -0.2) is 41.7 Å². The SMILES string of the molecule is CC(C)CC1CNCCN1c1nc2c(C(=O)O)cccc2o1. The highest BCUT2D eigenvalue weighted by atomic mass is 16.4. The average Bonchev–Trinajstić information content (AvgIpc) is 2.90. The smallest absolute Gasteiger partial charge is 0.338 e. The molecule has 2 N–H and O–H groups in total. The summed E-state index contributed by atoms with van der Waals surface area (Å²) in [4.78, 5) is 17.9. The number of aromatic carboxylic acids is 1. The van der Waals surface area contributed by atoms with E-state index in [9.17, 15) is 9.90 Å². The van der Waals surface area contributed by atoms with Gasteiger partial charge in [0.2, 0.25) is 0 Å². The van der Waals surface area contributed by atoms with Crippen molar-refractivity contribution >= 4 is 23.1 Å². The van der Waals surface area contributed by atoms with Gasteiger partial charge in [0.15, 0.2) is 5.58 Å². The Balaban J connectivity index is 1.97. The summed E-state index contributed by atoms with van der Waals surface area (Å²) in [7, 11) is 0. The van der Waals surface area contributed by atoms with Crippen molar-refractivity contribution in [3.05, 3.63) is 23.8 Å². The van der Waals surface area contributed by atoms with Gasteiger partial charge < -0.3 is 19.7 Å². The van der Waals surface area contributed by atoms with Crippen LogP contribution in [0.25, 0.3) is 11.1 Å². The van der Waals surface area contributed by atoms with Gasteiger partial charge in [0.1, 0.15) is 5.52 Å². The largest absolute Gasteiger partial charge is 0.478 e. The Morgan fingerprint density at radius 1 is 1.55 bits per heavy atom. The fraction of sp³-hybridized carbons (Fsp3) is 0.500. The highest BCUT2D eigenvalue weighted by molar-refractivity contribution is 6.00. The first-order valence-electron chi connectivity index (χ1n) is 7.66. The number of oxazole rings is 1. The van der Waals surface area contributed by atoms with Crippen LogP contribution in [0.2, 0.25) is 0 Å². The summed E-state index contributed by atoms with van der Waals surface area (Å²) in [5, 5.41) is 12.7. The number of carboxylic acid groups (broad SMARTS) is 1. The minimum Gasteiger partial charge on any atom is -0.478 e. The van der Waals surface area contributed by atoms with Gasteiger partial charge in [0.05, 0.1) is 5.56 Å². The van der Waals surface area contributed by atoms with Gasteiger partial charge in [-0.15, -0.1) is 0 Å². The molecule has 6 heteroatoms.